The van der Waals surface area contributed by atoms with Crippen LogP contribution in [0.25, 0.3) is 5.69 Å². The molecule has 0 amide bonds. The Balaban J connectivity index is 0.00000312. The lowest BCUT2D eigenvalue weighted by molar-refractivity contribution is 0.470. The summed E-state index contributed by atoms with van der Waals surface area (Å²) in [6.45, 7) is 8.29. The Morgan fingerprint density at radius 1 is 1.36 bits per heavy atom. The van der Waals surface area contributed by atoms with E-state index in [0.29, 0.717) is 6.54 Å². The van der Waals surface area contributed by atoms with Crippen molar-refractivity contribution in [1.82, 2.24) is 20.0 Å². The fraction of sp³-hybridized carbons (Fsp3) is 0.368. The Labute approximate surface area is 167 Å². The van der Waals surface area contributed by atoms with Gasteiger partial charge in [0.05, 0.1) is 12.2 Å². The molecule has 0 radical (unpaired) electrons. The summed E-state index contributed by atoms with van der Waals surface area (Å²) in [6, 6.07) is 10.2. The highest BCUT2D eigenvalue weighted by molar-refractivity contribution is 14.0. The van der Waals surface area contributed by atoms with E-state index in [1.54, 1.807) is 6.20 Å². The summed E-state index contributed by atoms with van der Waals surface area (Å²) >= 11 is 0. The third-order valence-corrected chi connectivity index (χ3v) is 3.74. The molecule has 2 rings (SSSR count). The first-order valence-electron chi connectivity index (χ1n) is 8.44. The maximum absolute atomic E-state index is 4.80. The number of hydrogen-bond acceptors (Lipinski definition) is 2. The SMILES string of the molecule is C=CCCCN(C)C(=NCc1ccccc1-n1cccn1)NCC.I. The van der Waals surface area contributed by atoms with Crippen LogP contribution in [0.2, 0.25) is 0 Å². The lowest BCUT2D eigenvalue weighted by atomic mass is 10.2. The minimum Gasteiger partial charge on any atom is -0.357 e. The molecule has 1 aromatic heterocycles. The molecule has 0 fully saturated rings. The Morgan fingerprint density at radius 2 is 2.16 bits per heavy atom. The molecule has 0 aliphatic rings. The predicted molar refractivity (Wildman–Crippen MR) is 116 cm³/mol. The van der Waals surface area contributed by atoms with Crippen molar-refractivity contribution in [2.45, 2.75) is 26.3 Å². The largest absolute Gasteiger partial charge is 0.357 e. The monoisotopic (exact) mass is 453 g/mol. The van der Waals surface area contributed by atoms with Crippen LogP contribution in [0.3, 0.4) is 0 Å². The number of hydrogen-bond donors (Lipinski definition) is 1. The van der Waals surface area contributed by atoms with Gasteiger partial charge in [0.15, 0.2) is 5.96 Å². The number of aliphatic imine (C=N–C) groups is 1. The summed E-state index contributed by atoms with van der Waals surface area (Å²) in [5.74, 6) is 0.928. The van der Waals surface area contributed by atoms with Crippen molar-refractivity contribution < 1.29 is 0 Å². The summed E-state index contributed by atoms with van der Waals surface area (Å²) in [5, 5.41) is 7.69. The van der Waals surface area contributed by atoms with E-state index in [-0.39, 0.29) is 24.0 Å². The van der Waals surface area contributed by atoms with E-state index in [2.05, 4.69) is 48.0 Å². The minimum atomic E-state index is 0. The summed E-state index contributed by atoms with van der Waals surface area (Å²) < 4.78 is 1.88. The highest BCUT2D eigenvalue weighted by Gasteiger charge is 2.07. The smallest absolute Gasteiger partial charge is 0.193 e. The van der Waals surface area contributed by atoms with Crippen LogP contribution in [0, 0.1) is 0 Å². The molecule has 1 aromatic carbocycles. The quantitative estimate of drug-likeness (QED) is 0.217. The minimum absolute atomic E-state index is 0. The molecule has 0 aliphatic heterocycles. The van der Waals surface area contributed by atoms with Crippen molar-refractivity contribution >= 4 is 29.9 Å². The Kier molecular flexibility index (Phi) is 9.91. The second-order valence-electron chi connectivity index (χ2n) is 5.60. The van der Waals surface area contributed by atoms with Crippen molar-refractivity contribution in [3.63, 3.8) is 0 Å². The van der Waals surface area contributed by atoms with Gasteiger partial charge < -0.3 is 10.2 Å². The van der Waals surface area contributed by atoms with Crippen molar-refractivity contribution in [3.8, 4) is 5.69 Å². The number of nitrogens with one attached hydrogen (secondary N) is 1. The van der Waals surface area contributed by atoms with Crippen molar-refractivity contribution in [2.75, 3.05) is 20.1 Å². The molecule has 0 spiro atoms. The number of para-hydroxylation sites is 1. The molecule has 5 nitrogen and oxygen atoms in total. The van der Waals surface area contributed by atoms with E-state index in [0.717, 1.165) is 43.1 Å². The predicted octanol–water partition coefficient (Wildman–Crippen LogP) is 3.85. The van der Waals surface area contributed by atoms with Crippen LogP contribution in [0.5, 0.6) is 0 Å². The van der Waals surface area contributed by atoms with Crippen LogP contribution < -0.4 is 5.32 Å². The first-order valence-corrected chi connectivity index (χ1v) is 8.44. The molecule has 25 heavy (non-hydrogen) atoms. The number of halogens is 1. The van der Waals surface area contributed by atoms with Crippen LogP contribution in [0.1, 0.15) is 25.3 Å². The van der Waals surface area contributed by atoms with E-state index >= 15 is 0 Å². The van der Waals surface area contributed by atoms with E-state index in [1.165, 1.54) is 0 Å². The molecule has 0 saturated carbocycles. The fourth-order valence-electron chi connectivity index (χ4n) is 2.49. The van der Waals surface area contributed by atoms with Gasteiger partial charge in [-0.15, -0.1) is 30.6 Å². The zero-order valence-corrected chi connectivity index (χ0v) is 17.4. The number of aromatic nitrogens is 2. The van der Waals surface area contributed by atoms with E-state index in [4.69, 9.17) is 4.99 Å². The first kappa shape index (κ1) is 21.2. The van der Waals surface area contributed by atoms with Crippen molar-refractivity contribution in [3.05, 3.63) is 60.9 Å². The molecule has 1 N–H and O–H groups in total. The topological polar surface area (TPSA) is 45.5 Å². The van der Waals surface area contributed by atoms with Gasteiger partial charge in [-0.3, -0.25) is 0 Å². The average molecular weight is 453 g/mol. The normalized spacial score (nSPS) is 10.9. The third-order valence-electron chi connectivity index (χ3n) is 3.74. The van der Waals surface area contributed by atoms with Gasteiger partial charge >= 0.3 is 0 Å². The second-order valence-corrected chi connectivity index (χ2v) is 5.60. The van der Waals surface area contributed by atoms with Gasteiger partial charge in [0.25, 0.3) is 0 Å². The number of rotatable bonds is 8. The fourth-order valence-corrected chi connectivity index (χ4v) is 2.49. The molecule has 0 bridgehead atoms. The summed E-state index contributed by atoms with van der Waals surface area (Å²) in [4.78, 5) is 6.97. The highest BCUT2D eigenvalue weighted by atomic mass is 127. The lowest BCUT2D eigenvalue weighted by Gasteiger charge is -2.22. The zero-order chi connectivity index (χ0) is 17.2. The Bertz CT molecular complexity index is 652. The Morgan fingerprint density at radius 3 is 2.84 bits per heavy atom. The van der Waals surface area contributed by atoms with E-state index in [1.807, 2.05) is 35.2 Å². The van der Waals surface area contributed by atoms with Gasteiger partial charge in [-0.2, -0.15) is 5.10 Å². The molecule has 136 valence electrons. The van der Waals surface area contributed by atoms with Crippen molar-refractivity contribution in [2.24, 2.45) is 4.99 Å². The van der Waals surface area contributed by atoms with E-state index < -0.39 is 0 Å². The molecule has 0 saturated heterocycles. The molecule has 0 atom stereocenters. The van der Waals surface area contributed by atoms with E-state index in [9.17, 15) is 0 Å². The number of unbranched alkanes of at least 4 members (excludes halogenated alkanes) is 1. The number of benzene rings is 1. The molecule has 2 aromatic rings. The van der Waals surface area contributed by atoms with Gasteiger partial charge in [0.2, 0.25) is 0 Å². The molecule has 6 heteroatoms. The maximum atomic E-state index is 4.80. The summed E-state index contributed by atoms with van der Waals surface area (Å²) in [5.41, 5.74) is 2.22. The second kappa shape index (κ2) is 11.7. The lowest BCUT2D eigenvalue weighted by Crippen LogP contribution is -2.39. The van der Waals surface area contributed by atoms with Gasteiger partial charge in [0, 0.05) is 32.5 Å². The number of allylic oxidation sites excluding steroid dienone is 1. The van der Waals surface area contributed by atoms with Gasteiger partial charge in [-0.1, -0.05) is 24.3 Å². The molecular formula is C19H28IN5. The van der Waals surface area contributed by atoms with Gasteiger partial charge in [-0.05, 0) is 37.5 Å². The van der Waals surface area contributed by atoms with Gasteiger partial charge in [0.1, 0.15) is 0 Å². The summed E-state index contributed by atoms with van der Waals surface area (Å²) in [6.07, 6.45) is 7.80. The molecule has 1 heterocycles. The molecular weight excluding hydrogens is 425 g/mol. The standard InChI is InChI=1S/C19H27N5.HI/c1-4-6-9-14-23(3)19(20-5-2)21-16-17-11-7-8-12-18(17)24-15-10-13-22-24;/h4,7-8,10-13,15H,1,5-6,9,14,16H2,2-3H3,(H,20,21);1H. The average Bonchev–Trinajstić information content (AvgIpc) is 3.13. The number of nitrogens with zero attached hydrogens (tertiary/aromatic N) is 4. The van der Waals surface area contributed by atoms with Crippen LogP contribution in [0.15, 0.2) is 60.4 Å². The first-order chi connectivity index (χ1) is 11.8. The zero-order valence-electron chi connectivity index (χ0n) is 15.1. The van der Waals surface area contributed by atoms with Crippen LogP contribution in [0.4, 0.5) is 0 Å². The maximum Gasteiger partial charge on any atom is 0.193 e. The summed E-state index contributed by atoms with van der Waals surface area (Å²) in [7, 11) is 2.07. The molecule has 0 aliphatic carbocycles. The third kappa shape index (κ3) is 6.53. The Hall–Kier alpha value is -1.83. The highest BCUT2D eigenvalue weighted by Crippen LogP contribution is 2.14. The van der Waals surface area contributed by atoms with Crippen molar-refractivity contribution in [1.29, 1.82) is 0 Å². The van der Waals surface area contributed by atoms with Gasteiger partial charge in [-0.25, -0.2) is 9.67 Å². The molecule has 0 unspecified atom stereocenters. The van der Waals surface area contributed by atoms with Crippen LogP contribution >= 0.6 is 24.0 Å². The van der Waals surface area contributed by atoms with Crippen LogP contribution in [-0.2, 0) is 6.54 Å². The number of guanidine groups is 1. The van der Waals surface area contributed by atoms with Crippen LogP contribution in [-0.4, -0.2) is 40.8 Å².